The summed E-state index contributed by atoms with van der Waals surface area (Å²) in [6.45, 7) is 4.04. The molecule has 1 aliphatic rings. The van der Waals surface area contributed by atoms with Crippen LogP contribution in [0.1, 0.15) is 34.7 Å². The van der Waals surface area contributed by atoms with Gasteiger partial charge in [0.2, 0.25) is 0 Å². The molecule has 0 bridgehead atoms. The fourth-order valence-electron chi connectivity index (χ4n) is 4.64. The summed E-state index contributed by atoms with van der Waals surface area (Å²) in [4.78, 5) is 6.75. The van der Waals surface area contributed by atoms with Crippen LogP contribution in [0.4, 0.5) is 10.1 Å². The molecular formula is C26H22BrFN4S. The number of nitrogens with zero attached hydrogens (tertiary/aromatic N) is 3. The van der Waals surface area contributed by atoms with Crippen LogP contribution in [0.3, 0.4) is 0 Å². The van der Waals surface area contributed by atoms with Gasteiger partial charge in [-0.1, -0.05) is 34.1 Å². The van der Waals surface area contributed by atoms with Gasteiger partial charge in [-0.05, 0) is 86.2 Å². The Labute approximate surface area is 206 Å². The second-order valence-electron chi connectivity index (χ2n) is 8.09. The quantitative estimate of drug-likeness (QED) is 0.308. The first-order valence-corrected chi connectivity index (χ1v) is 11.9. The molecule has 0 amide bonds. The van der Waals surface area contributed by atoms with Crippen molar-refractivity contribution in [3.63, 3.8) is 0 Å². The minimum absolute atomic E-state index is 0.153. The van der Waals surface area contributed by atoms with Crippen LogP contribution in [-0.2, 0) is 0 Å². The number of pyridine rings is 1. The normalized spacial score (nSPS) is 17.9. The maximum absolute atomic E-state index is 14.7. The largest absolute Gasteiger partial charge is 0.351 e. The molecule has 1 N–H and O–H groups in total. The highest BCUT2D eigenvalue weighted by molar-refractivity contribution is 9.10. The molecule has 5 rings (SSSR count). The average Bonchev–Trinajstić information content (AvgIpc) is 3.31. The number of para-hydroxylation sites is 1. The number of nitrogens with one attached hydrogen (secondary N) is 1. The third kappa shape index (κ3) is 3.85. The molecule has 0 radical (unpaired) electrons. The molecule has 166 valence electrons. The Morgan fingerprint density at radius 2 is 1.73 bits per heavy atom. The fourth-order valence-corrected chi connectivity index (χ4v) is 5.25. The Morgan fingerprint density at radius 3 is 2.42 bits per heavy atom. The van der Waals surface area contributed by atoms with E-state index in [-0.39, 0.29) is 17.9 Å². The van der Waals surface area contributed by atoms with Gasteiger partial charge < -0.3 is 14.8 Å². The van der Waals surface area contributed by atoms with Gasteiger partial charge in [-0.25, -0.2) is 4.39 Å². The highest BCUT2D eigenvalue weighted by atomic mass is 79.9. The molecule has 0 saturated carbocycles. The molecule has 1 fully saturated rings. The molecule has 0 unspecified atom stereocenters. The van der Waals surface area contributed by atoms with E-state index >= 15 is 0 Å². The molecule has 4 nitrogen and oxygen atoms in total. The van der Waals surface area contributed by atoms with E-state index in [4.69, 9.17) is 12.2 Å². The second-order valence-corrected chi connectivity index (χ2v) is 9.39. The summed E-state index contributed by atoms with van der Waals surface area (Å²) in [6.07, 6.45) is 1.79. The summed E-state index contributed by atoms with van der Waals surface area (Å²) in [6, 6.07) is 22.7. The minimum Gasteiger partial charge on any atom is -0.351 e. The predicted molar refractivity (Wildman–Crippen MR) is 137 cm³/mol. The highest BCUT2D eigenvalue weighted by Crippen LogP contribution is 2.44. The molecule has 0 spiro atoms. The third-order valence-corrected chi connectivity index (χ3v) is 6.93. The van der Waals surface area contributed by atoms with E-state index in [1.165, 1.54) is 6.07 Å². The third-order valence-electron chi connectivity index (χ3n) is 6.09. The lowest BCUT2D eigenvalue weighted by Gasteiger charge is -2.28. The van der Waals surface area contributed by atoms with Crippen molar-refractivity contribution in [2.45, 2.75) is 25.9 Å². The van der Waals surface area contributed by atoms with Crippen molar-refractivity contribution in [3.05, 3.63) is 112 Å². The van der Waals surface area contributed by atoms with Gasteiger partial charge in [0.1, 0.15) is 5.82 Å². The summed E-state index contributed by atoms with van der Waals surface area (Å²) in [5.41, 5.74) is 5.42. The molecule has 2 aromatic heterocycles. The molecule has 3 heterocycles. The summed E-state index contributed by atoms with van der Waals surface area (Å²) in [7, 11) is 0. The maximum atomic E-state index is 14.7. The van der Waals surface area contributed by atoms with Crippen molar-refractivity contribution in [1.82, 2.24) is 14.9 Å². The Hall–Kier alpha value is -3.03. The number of halogens is 2. The van der Waals surface area contributed by atoms with Crippen molar-refractivity contribution in [3.8, 4) is 5.69 Å². The van der Waals surface area contributed by atoms with Crippen LogP contribution in [0, 0.1) is 19.7 Å². The molecule has 1 saturated heterocycles. The van der Waals surface area contributed by atoms with E-state index in [0.29, 0.717) is 10.8 Å². The first kappa shape index (κ1) is 21.8. The van der Waals surface area contributed by atoms with Gasteiger partial charge >= 0.3 is 0 Å². The van der Waals surface area contributed by atoms with E-state index in [9.17, 15) is 4.39 Å². The summed E-state index contributed by atoms with van der Waals surface area (Å²) in [5, 5.41) is 4.12. The van der Waals surface area contributed by atoms with Crippen LogP contribution in [0.25, 0.3) is 5.69 Å². The number of benzene rings is 2. The molecule has 33 heavy (non-hydrogen) atoms. The zero-order valence-electron chi connectivity index (χ0n) is 18.2. The molecule has 4 aromatic rings. The van der Waals surface area contributed by atoms with Crippen molar-refractivity contribution in [1.29, 1.82) is 0 Å². The molecule has 2 atom stereocenters. The average molecular weight is 521 g/mol. The van der Waals surface area contributed by atoms with Gasteiger partial charge in [-0.15, -0.1) is 0 Å². The Morgan fingerprint density at radius 1 is 1.00 bits per heavy atom. The molecule has 7 heteroatoms. The number of aryl methyl sites for hydroxylation is 1. The van der Waals surface area contributed by atoms with Crippen LogP contribution in [0.15, 0.2) is 83.5 Å². The van der Waals surface area contributed by atoms with E-state index in [1.807, 2.05) is 66.9 Å². The monoisotopic (exact) mass is 520 g/mol. The minimum atomic E-state index is -0.253. The maximum Gasteiger partial charge on any atom is 0.174 e. The van der Waals surface area contributed by atoms with Crippen LogP contribution in [0.2, 0.25) is 0 Å². The highest BCUT2D eigenvalue weighted by Gasteiger charge is 2.42. The molecule has 2 aromatic carbocycles. The number of hydrogen-bond acceptors (Lipinski definition) is 2. The number of hydrogen-bond donors (Lipinski definition) is 1. The van der Waals surface area contributed by atoms with Crippen molar-refractivity contribution < 1.29 is 4.39 Å². The van der Waals surface area contributed by atoms with Gasteiger partial charge in [-0.2, -0.15) is 0 Å². The van der Waals surface area contributed by atoms with Crippen LogP contribution >= 0.6 is 28.1 Å². The first-order chi connectivity index (χ1) is 16.0. The number of anilines is 1. The lowest BCUT2D eigenvalue weighted by Crippen LogP contribution is -2.29. The first-order valence-electron chi connectivity index (χ1n) is 10.7. The van der Waals surface area contributed by atoms with Gasteiger partial charge in [0.05, 0.1) is 23.5 Å². The second kappa shape index (κ2) is 8.72. The van der Waals surface area contributed by atoms with Crippen molar-refractivity contribution >= 4 is 38.9 Å². The number of thiocarbonyl (C=S) groups is 1. The van der Waals surface area contributed by atoms with E-state index in [1.54, 1.807) is 18.3 Å². The molecule has 1 aliphatic heterocycles. The smallest absolute Gasteiger partial charge is 0.174 e. The zero-order chi connectivity index (χ0) is 23.1. The number of aromatic nitrogens is 2. The lowest BCUT2D eigenvalue weighted by atomic mass is 9.96. The van der Waals surface area contributed by atoms with Crippen LogP contribution in [-0.4, -0.2) is 14.7 Å². The zero-order valence-corrected chi connectivity index (χ0v) is 20.6. The predicted octanol–water partition coefficient (Wildman–Crippen LogP) is 6.57. The van der Waals surface area contributed by atoms with E-state index in [0.717, 1.165) is 32.8 Å². The summed E-state index contributed by atoms with van der Waals surface area (Å²) >= 11 is 9.33. The van der Waals surface area contributed by atoms with Crippen LogP contribution in [0.5, 0.6) is 0 Å². The molecule has 0 aliphatic carbocycles. The van der Waals surface area contributed by atoms with Crippen molar-refractivity contribution in [2.24, 2.45) is 0 Å². The van der Waals surface area contributed by atoms with Crippen molar-refractivity contribution in [2.75, 3.05) is 4.90 Å². The van der Waals surface area contributed by atoms with Gasteiger partial charge in [0.25, 0.3) is 0 Å². The van der Waals surface area contributed by atoms with Gasteiger partial charge in [0, 0.05) is 27.7 Å². The SMILES string of the molecule is Cc1cc([C@H]2[C@H](c3ccccn3)NC(=S)N2c2ccc(Br)cc2)c(C)n1-c1ccccc1F. The lowest BCUT2D eigenvalue weighted by molar-refractivity contribution is 0.564. The van der Waals surface area contributed by atoms with E-state index < -0.39 is 0 Å². The van der Waals surface area contributed by atoms with E-state index in [2.05, 4.69) is 37.2 Å². The Balaban J connectivity index is 1.69. The Kier molecular flexibility index (Phi) is 5.76. The number of rotatable bonds is 4. The summed E-state index contributed by atoms with van der Waals surface area (Å²) < 4.78 is 17.7. The van der Waals surface area contributed by atoms with Gasteiger partial charge in [0.15, 0.2) is 5.11 Å². The molecular weight excluding hydrogens is 499 g/mol. The topological polar surface area (TPSA) is 33.1 Å². The standard InChI is InChI=1S/C26H22BrFN4S/c1-16-15-20(17(2)31(16)23-9-4-3-7-21(23)28)25-24(22-8-5-6-14-29-22)30-26(33)32(25)19-12-10-18(27)11-13-19/h3-15,24-25H,1-2H3,(H,30,33)/t24-,25-/m0/s1. The Bertz CT molecular complexity index is 1320. The van der Waals surface area contributed by atoms with Gasteiger partial charge in [-0.3, -0.25) is 4.98 Å². The summed E-state index contributed by atoms with van der Waals surface area (Å²) in [5.74, 6) is -0.253. The fraction of sp³-hybridized carbons (Fsp3) is 0.154. The van der Waals surface area contributed by atoms with Crippen LogP contribution < -0.4 is 10.2 Å².